The Labute approximate surface area is 125 Å². The highest BCUT2D eigenvalue weighted by Crippen LogP contribution is 2.42. The van der Waals surface area contributed by atoms with E-state index in [1.807, 2.05) is 0 Å². The Bertz CT molecular complexity index is 335. The summed E-state index contributed by atoms with van der Waals surface area (Å²) in [6, 6.07) is 0.633. The molecule has 0 aromatic heterocycles. The molecule has 0 saturated carbocycles. The molecule has 0 spiro atoms. The molecule has 2 aliphatic rings. The van der Waals surface area contributed by atoms with Crippen molar-refractivity contribution < 1.29 is 4.74 Å². The van der Waals surface area contributed by atoms with Crippen molar-refractivity contribution in [3.05, 3.63) is 0 Å². The quantitative estimate of drug-likeness (QED) is 0.864. The van der Waals surface area contributed by atoms with Gasteiger partial charge < -0.3 is 10.5 Å². The Morgan fingerprint density at radius 1 is 1.30 bits per heavy atom. The van der Waals surface area contributed by atoms with Crippen molar-refractivity contribution in [3.63, 3.8) is 0 Å². The first-order chi connectivity index (χ1) is 9.36. The van der Waals surface area contributed by atoms with Crippen LogP contribution in [0.5, 0.6) is 0 Å². The number of piperidine rings is 1. The molecule has 2 fully saturated rings. The lowest BCUT2D eigenvalue weighted by atomic mass is 9.74. The van der Waals surface area contributed by atoms with Crippen molar-refractivity contribution >= 4 is 0 Å². The first kappa shape index (κ1) is 16.3. The normalized spacial score (nSPS) is 47.4. The summed E-state index contributed by atoms with van der Waals surface area (Å²) in [6.07, 6.45) is 4.58. The van der Waals surface area contributed by atoms with Gasteiger partial charge in [0.15, 0.2) is 0 Å². The smallest absolute Gasteiger partial charge is 0.0670 e. The summed E-state index contributed by atoms with van der Waals surface area (Å²) in [5.41, 5.74) is 6.45. The van der Waals surface area contributed by atoms with Crippen LogP contribution in [0.3, 0.4) is 0 Å². The Morgan fingerprint density at radius 2 is 2.00 bits per heavy atom. The standard InChI is InChI=1S/C17H34N2O/c1-6-16(5)11-17(12-18,7-8-20-16)19-10-13(2)9-14(3)15(19)4/h13-15H,6-12,18H2,1-5H3. The van der Waals surface area contributed by atoms with Gasteiger partial charge in [-0.25, -0.2) is 0 Å². The second-order valence-electron chi connectivity index (χ2n) is 7.72. The average Bonchev–Trinajstić information content (AvgIpc) is 2.42. The Morgan fingerprint density at radius 3 is 2.60 bits per heavy atom. The summed E-state index contributed by atoms with van der Waals surface area (Å²) in [7, 11) is 0. The molecule has 0 amide bonds. The van der Waals surface area contributed by atoms with Gasteiger partial charge in [-0.15, -0.1) is 0 Å². The highest BCUT2D eigenvalue weighted by molar-refractivity contribution is 5.03. The number of hydrogen-bond donors (Lipinski definition) is 1. The highest BCUT2D eigenvalue weighted by Gasteiger charge is 2.48. The van der Waals surface area contributed by atoms with Crippen LogP contribution in [0.4, 0.5) is 0 Å². The summed E-state index contributed by atoms with van der Waals surface area (Å²) in [5, 5.41) is 0. The van der Waals surface area contributed by atoms with E-state index in [2.05, 4.69) is 39.5 Å². The molecular weight excluding hydrogens is 248 g/mol. The van der Waals surface area contributed by atoms with Crippen LogP contribution in [0.15, 0.2) is 0 Å². The Hall–Kier alpha value is -0.120. The van der Waals surface area contributed by atoms with E-state index in [0.29, 0.717) is 6.04 Å². The van der Waals surface area contributed by atoms with Gasteiger partial charge in [-0.1, -0.05) is 20.8 Å². The van der Waals surface area contributed by atoms with E-state index in [1.165, 1.54) is 13.0 Å². The number of nitrogens with zero attached hydrogens (tertiary/aromatic N) is 1. The lowest BCUT2D eigenvalue weighted by Crippen LogP contribution is -2.66. The highest BCUT2D eigenvalue weighted by atomic mass is 16.5. The molecule has 2 rings (SSSR count). The van der Waals surface area contributed by atoms with E-state index >= 15 is 0 Å². The summed E-state index contributed by atoms with van der Waals surface area (Å²) in [4.78, 5) is 2.74. The van der Waals surface area contributed by atoms with E-state index in [1.54, 1.807) is 0 Å². The van der Waals surface area contributed by atoms with Crippen molar-refractivity contribution in [3.8, 4) is 0 Å². The number of nitrogens with two attached hydrogens (primary N) is 1. The first-order valence-corrected chi connectivity index (χ1v) is 8.46. The third-order valence-electron chi connectivity index (χ3n) is 6.06. The number of likely N-dealkylation sites (tertiary alicyclic amines) is 1. The maximum Gasteiger partial charge on any atom is 0.0670 e. The van der Waals surface area contributed by atoms with E-state index in [9.17, 15) is 0 Å². The van der Waals surface area contributed by atoms with Crippen molar-refractivity contribution in [2.45, 2.75) is 77.5 Å². The molecule has 20 heavy (non-hydrogen) atoms. The molecular formula is C17H34N2O. The van der Waals surface area contributed by atoms with Crippen LogP contribution in [0, 0.1) is 11.8 Å². The zero-order valence-corrected chi connectivity index (χ0v) is 14.1. The fraction of sp³-hybridized carbons (Fsp3) is 1.00. The minimum atomic E-state index is 0.00125. The van der Waals surface area contributed by atoms with Crippen LogP contribution in [0.2, 0.25) is 0 Å². The molecule has 0 aromatic carbocycles. The molecule has 0 aliphatic carbocycles. The van der Waals surface area contributed by atoms with Gasteiger partial charge in [-0.3, -0.25) is 4.90 Å². The maximum atomic E-state index is 6.30. The molecule has 5 unspecified atom stereocenters. The predicted octanol–water partition coefficient (Wildman–Crippen LogP) is 3.03. The van der Waals surface area contributed by atoms with Gasteiger partial charge in [0, 0.05) is 31.3 Å². The van der Waals surface area contributed by atoms with E-state index in [-0.39, 0.29) is 11.1 Å². The monoisotopic (exact) mass is 282 g/mol. The molecule has 3 nitrogen and oxygen atoms in total. The van der Waals surface area contributed by atoms with E-state index in [0.717, 1.165) is 44.2 Å². The SMILES string of the molecule is CCC1(C)CC(CN)(N2CC(C)CC(C)C2C)CCO1. The Kier molecular flexibility index (Phi) is 4.83. The molecule has 0 bridgehead atoms. The van der Waals surface area contributed by atoms with Crippen LogP contribution in [0.25, 0.3) is 0 Å². The first-order valence-electron chi connectivity index (χ1n) is 8.46. The van der Waals surface area contributed by atoms with Gasteiger partial charge in [0.25, 0.3) is 0 Å². The van der Waals surface area contributed by atoms with Crippen LogP contribution < -0.4 is 5.73 Å². The zero-order valence-electron chi connectivity index (χ0n) is 14.1. The topological polar surface area (TPSA) is 38.5 Å². The fourth-order valence-electron chi connectivity index (χ4n) is 4.43. The largest absolute Gasteiger partial charge is 0.375 e. The van der Waals surface area contributed by atoms with Crippen molar-refractivity contribution in [1.82, 2.24) is 4.90 Å². The zero-order chi connectivity index (χ0) is 15.0. The Balaban J connectivity index is 2.25. The minimum Gasteiger partial charge on any atom is -0.375 e. The fourth-order valence-corrected chi connectivity index (χ4v) is 4.43. The molecule has 2 heterocycles. The molecule has 118 valence electrons. The van der Waals surface area contributed by atoms with E-state index in [4.69, 9.17) is 10.5 Å². The van der Waals surface area contributed by atoms with Crippen molar-refractivity contribution in [2.75, 3.05) is 19.7 Å². The lowest BCUT2D eigenvalue weighted by molar-refractivity contribution is -0.147. The predicted molar refractivity (Wildman–Crippen MR) is 84.8 cm³/mol. The van der Waals surface area contributed by atoms with Crippen LogP contribution in [-0.2, 0) is 4.74 Å². The molecule has 2 saturated heterocycles. The summed E-state index contributed by atoms with van der Waals surface area (Å²) in [5.74, 6) is 1.54. The van der Waals surface area contributed by atoms with Crippen LogP contribution in [-0.4, -0.2) is 41.8 Å². The van der Waals surface area contributed by atoms with Crippen LogP contribution in [0.1, 0.15) is 60.3 Å². The average molecular weight is 282 g/mol. The van der Waals surface area contributed by atoms with Gasteiger partial charge in [0.1, 0.15) is 0 Å². The third kappa shape index (κ3) is 2.90. The minimum absolute atomic E-state index is 0.00125. The molecule has 0 radical (unpaired) electrons. The lowest BCUT2D eigenvalue weighted by Gasteiger charge is -2.57. The molecule has 2 N–H and O–H groups in total. The second kappa shape index (κ2) is 5.94. The molecule has 2 aliphatic heterocycles. The van der Waals surface area contributed by atoms with Crippen molar-refractivity contribution in [2.24, 2.45) is 17.6 Å². The second-order valence-corrected chi connectivity index (χ2v) is 7.72. The summed E-state index contributed by atoms with van der Waals surface area (Å²) >= 11 is 0. The third-order valence-corrected chi connectivity index (χ3v) is 6.06. The van der Waals surface area contributed by atoms with E-state index < -0.39 is 0 Å². The summed E-state index contributed by atoms with van der Waals surface area (Å²) in [6.45, 7) is 14.5. The van der Waals surface area contributed by atoms with Gasteiger partial charge >= 0.3 is 0 Å². The molecule has 3 heteroatoms. The number of ether oxygens (including phenoxy) is 1. The van der Waals surface area contributed by atoms with Gasteiger partial charge in [-0.05, 0) is 51.4 Å². The molecule has 5 atom stereocenters. The van der Waals surface area contributed by atoms with Crippen molar-refractivity contribution in [1.29, 1.82) is 0 Å². The van der Waals surface area contributed by atoms with Crippen LogP contribution >= 0.6 is 0 Å². The summed E-state index contributed by atoms with van der Waals surface area (Å²) < 4.78 is 6.07. The van der Waals surface area contributed by atoms with Gasteiger partial charge in [-0.2, -0.15) is 0 Å². The maximum absolute atomic E-state index is 6.30. The van der Waals surface area contributed by atoms with Gasteiger partial charge in [0.2, 0.25) is 0 Å². The number of hydrogen-bond acceptors (Lipinski definition) is 3. The van der Waals surface area contributed by atoms with Gasteiger partial charge in [0.05, 0.1) is 5.60 Å². The number of rotatable bonds is 3. The molecule has 0 aromatic rings.